The van der Waals surface area contributed by atoms with Gasteiger partial charge in [-0.2, -0.15) is 0 Å². The first kappa shape index (κ1) is 14.8. The summed E-state index contributed by atoms with van der Waals surface area (Å²) in [6, 6.07) is 0. The highest BCUT2D eigenvalue weighted by Gasteiger charge is 2.42. The van der Waals surface area contributed by atoms with E-state index in [9.17, 15) is 9.90 Å². The van der Waals surface area contributed by atoms with Gasteiger partial charge in [-0.05, 0) is 18.3 Å². The summed E-state index contributed by atoms with van der Waals surface area (Å²) < 4.78 is 5.28. The van der Waals surface area contributed by atoms with Gasteiger partial charge in [0.1, 0.15) is 0 Å². The molecule has 19 heavy (non-hydrogen) atoms. The molecular weight excluding hydrogens is 242 g/mol. The van der Waals surface area contributed by atoms with Gasteiger partial charge < -0.3 is 14.7 Å². The maximum Gasteiger partial charge on any atom is 0.226 e. The maximum absolute atomic E-state index is 12.6. The lowest BCUT2D eigenvalue weighted by Gasteiger charge is -2.37. The van der Waals surface area contributed by atoms with Gasteiger partial charge in [0.15, 0.2) is 0 Å². The number of carbonyl (C=O) groups is 1. The molecule has 0 aromatic rings. The third kappa shape index (κ3) is 3.29. The van der Waals surface area contributed by atoms with Crippen molar-refractivity contribution < 1.29 is 14.6 Å². The molecule has 1 amide bonds. The Morgan fingerprint density at radius 1 is 1.32 bits per heavy atom. The van der Waals surface area contributed by atoms with Crippen LogP contribution in [-0.4, -0.2) is 48.3 Å². The van der Waals surface area contributed by atoms with E-state index in [0.29, 0.717) is 32.6 Å². The minimum atomic E-state index is -0.759. The minimum absolute atomic E-state index is 0.101. The highest BCUT2D eigenvalue weighted by atomic mass is 16.5. The van der Waals surface area contributed by atoms with Gasteiger partial charge in [-0.3, -0.25) is 4.79 Å². The monoisotopic (exact) mass is 269 g/mol. The molecular formula is C15H27NO3. The van der Waals surface area contributed by atoms with Crippen LogP contribution in [0.15, 0.2) is 0 Å². The summed E-state index contributed by atoms with van der Waals surface area (Å²) in [5, 5.41) is 10.5. The smallest absolute Gasteiger partial charge is 0.226 e. The fraction of sp³-hybridized carbons (Fsp3) is 0.933. The molecule has 1 heterocycles. The Labute approximate surface area is 116 Å². The van der Waals surface area contributed by atoms with Gasteiger partial charge in [-0.1, -0.05) is 20.3 Å². The molecule has 0 bridgehead atoms. The molecule has 1 N–H and O–H groups in total. The van der Waals surface area contributed by atoms with Gasteiger partial charge in [0.05, 0.1) is 5.60 Å². The molecule has 0 aromatic heterocycles. The van der Waals surface area contributed by atoms with Crippen molar-refractivity contribution in [2.24, 2.45) is 11.3 Å². The van der Waals surface area contributed by atoms with Crippen LogP contribution in [0.3, 0.4) is 0 Å². The van der Waals surface area contributed by atoms with Gasteiger partial charge in [-0.25, -0.2) is 0 Å². The molecule has 1 atom stereocenters. The van der Waals surface area contributed by atoms with Crippen LogP contribution in [-0.2, 0) is 9.53 Å². The second kappa shape index (κ2) is 5.41. The van der Waals surface area contributed by atoms with E-state index in [1.54, 1.807) is 4.90 Å². The van der Waals surface area contributed by atoms with Gasteiger partial charge in [0.2, 0.25) is 5.91 Å². The molecule has 4 heteroatoms. The summed E-state index contributed by atoms with van der Waals surface area (Å²) in [6.07, 6.45) is 4.49. The molecule has 1 saturated carbocycles. The lowest BCUT2D eigenvalue weighted by Crippen LogP contribution is -2.49. The standard InChI is InChI=1S/C15H27NO3/c1-14(2)6-4-5-12(14)13(17)16(3)11-15(18)7-9-19-10-8-15/h12,18H,4-11H2,1-3H3. The van der Waals surface area contributed by atoms with Gasteiger partial charge in [-0.15, -0.1) is 0 Å². The Bertz CT molecular complexity index is 334. The summed E-state index contributed by atoms with van der Waals surface area (Å²) in [5.41, 5.74) is -0.658. The zero-order valence-electron chi connectivity index (χ0n) is 12.4. The quantitative estimate of drug-likeness (QED) is 0.850. The van der Waals surface area contributed by atoms with Crippen LogP contribution in [0.4, 0.5) is 0 Å². The number of carbonyl (C=O) groups excluding carboxylic acids is 1. The van der Waals surface area contributed by atoms with E-state index >= 15 is 0 Å². The summed E-state index contributed by atoms with van der Waals surface area (Å²) in [4.78, 5) is 14.3. The zero-order chi connectivity index (χ0) is 14.1. The number of likely N-dealkylation sites (N-methyl/N-ethyl adjacent to an activating group) is 1. The van der Waals surface area contributed by atoms with Gasteiger partial charge >= 0.3 is 0 Å². The molecule has 1 aliphatic carbocycles. The van der Waals surface area contributed by atoms with Crippen LogP contribution in [0, 0.1) is 11.3 Å². The lowest BCUT2D eigenvalue weighted by molar-refractivity contribution is -0.143. The number of amides is 1. The van der Waals surface area contributed by atoms with Crippen molar-refractivity contribution in [3.05, 3.63) is 0 Å². The summed E-state index contributed by atoms with van der Waals surface area (Å²) in [6.45, 7) is 5.97. The van der Waals surface area contributed by atoms with Crippen LogP contribution in [0.25, 0.3) is 0 Å². The average Bonchev–Trinajstić information content (AvgIpc) is 2.68. The van der Waals surface area contributed by atoms with Gasteiger partial charge in [0.25, 0.3) is 0 Å². The van der Waals surface area contributed by atoms with Crippen molar-refractivity contribution in [3.8, 4) is 0 Å². The summed E-state index contributed by atoms with van der Waals surface area (Å²) in [7, 11) is 1.82. The number of nitrogens with zero attached hydrogens (tertiary/aromatic N) is 1. The van der Waals surface area contributed by atoms with E-state index in [4.69, 9.17) is 4.74 Å². The van der Waals surface area contributed by atoms with E-state index < -0.39 is 5.60 Å². The number of aliphatic hydroxyl groups is 1. The largest absolute Gasteiger partial charge is 0.388 e. The fourth-order valence-electron chi connectivity index (χ4n) is 3.48. The van der Waals surface area contributed by atoms with Crippen LogP contribution in [0.5, 0.6) is 0 Å². The Balaban J connectivity index is 1.95. The van der Waals surface area contributed by atoms with Crippen LogP contribution in [0.2, 0.25) is 0 Å². The van der Waals surface area contributed by atoms with E-state index in [1.807, 2.05) is 7.05 Å². The first-order valence-corrected chi connectivity index (χ1v) is 7.39. The Kier molecular flexibility index (Phi) is 4.21. The number of ether oxygens (including phenoxy) is 1. The molecule has 1 unspecified atom stereocenters. The average molecular weight is 269 g/mol. The Hall–Kier alpha value is -0.610. The van der Waals surface area contributed by atoms with Crippen molar-refractivity contribution in [2.45, 2.75) is 51.6 Å². The molecule has 2 aliphatic rings. The normalized spacial score (nSPS) is 29.2. The lowest BCUT2D eigenvalue weighted by atomic mass is 9.81. The molecule has 1 aliphatic heterocycles. The topological polar surface area (TPSA) is 49.8 Å². The van der Waals surface area contributed by atoms with E-state index in [0.717, 1.165) is 19.3 Å². The molecule has 2 fully saturated rings. The molecule has 4 nitrogen and oxygen atoms in total. The first-order valence-electron chi connectivity index (χ1n) is 7.39. The first-order chi connectivity index (χ1) is 8.84. The van der Waals surface area contributed by atoms with E-state index in [-0.39, 0.29) is 17.2 Å². The minimum Gasteiger partial charge on any atom is -0.388 e. The SMILES string of the molecule is CN(CC1(O)CCOCC1)C(=O)C1CCCC1(C)C. The highest BCUT2D eigenvalue weighted by molar-refractivity contribution is 5.79. The molecule has 0 aromatic carbocycles. The van der Waals surface area contributed by atoms with Crippen LogP contribution in [0.1, 0.15) is 46.0 Å². The second-order valence-corrected chi connectivity index (χ2v) is 6.96. The molecule has 0 radical (unpaired) electrons. The number of hydrogen-bond donors (Lipinski definition) is 1. The van der Waals surface area contributed by atoms with Crippen molar-refractivity contribution in [1.82, 2.24) is 4.90 Å². The van der Waals surface area contributed by atoms with Crippen molar-refractivity contribution >= 4 is 5.91 Å². The highest BCUT2D eigenvalue weighted by Crippen LogP contribution is 2.43. The third-order valence-electron chi connectivity index (χ3n) is 4.89. The fourth-order valence-corrected chi connectivity index (χ4v) is 3.48. The molecule has 0 spiro atoms. The van der Waals surface area contributed by atoms with Crippen molar-refractivity contribution in [3.63, 3.8) is 0 Å². The van der Waals surface area contributed by atoms with Crippen molar-refractivity contribution in [2.75, 3.05) is 26.8 Å². The zero-order valence-corrected chi connectivity index (χ0v) is 12.4. The Morgan fingerprint density at radius 3 is 2.47 bits per heavy atom. The molecule has 2 rings (SSSR count). The Morgan fingerprint density at radius 2 is 1.95 bits per heavy atom. The third-order valence-corrected chi connectivity index (χ3v) is 4.89. The number of hydrogen-bond acceptors (Lipinski definition) is 3. The predicted octanol–water partition coefficient (Wildman–Crippen LogP) is 1.81. The molecule has 110 valence electrons. The maximum atomic E-state index is 12.6. The number of rotatable bonds is 3. The van der Waals surface area contributed by atoms with Gasteiger partial charge in [0, 0.05) is 45.6 Å². The van der Waals surface area contributed by atoms with E-state index in [1.165, 1.54) is 0 Å². The summed E-state index contributed by atoms with van der Waals surface area (Å²) in [5.74, 6) is 0.309. The van der Waals surface area contributed by atoms with Crippen molar-refractivity contribution in [1.29, 1.82) is 0 Å². The predicted molar refractivity (Wildman–Crippen MR) is 73.8 cm³/mol. The summed E-state index contributed by atoms with van der Waals surface area (Å²) >= 11 is 0. The molecule has 1 saturated heterocycles. The van der Waals surface area contributed by atoms with E-state index in [2.05, 4.69) is 13.8 Å². The van der Waals surface area contributed by atoms with Crippen LogP contribution < -0.4 is 0 Å². The second-order valence-electron chi connectivity index (χ2n) is 6.96. The van der Waals surface area contributed by atoms with Crippen LogP contribution >= 0.6 is 0 Å².